The van der Waals surface area contributed by atoms with Crippen molar-refractivity contribution in [1.29, 1.82) is 0 Å². The highest BCUT2D eigenvalue weighted by atomic mass is 31.3. The number of allylic oxidation sites excluding steroid dienone is 1. The van der Waals surface area contributed by atoms with E-state index in [1.807, 2.05) is 0 Å². The number of cyclic esters (lactones) is 1. The van der Waals surface area contributed by atoms with Gasteiger partial charge in [-0.25, -0.2) is 28.9 Å². The molecule has 29 heteroatoms. The molecule has 0 aromatic carbocycles. The summed E-state index contributed by atoms with van der Waals surface area (Å²) >= 11 is 0. The van der Waals surface area contributed by atoms with Gasteiger partial charge in [0.2, 0.25) is 11.7 Å². The molecule has 6 heterocycles. The molecule has 0 spiro atoms. The Balaban J connectivity index is 0.000000427. The van der Waals surface area contributed by atoms with Crippen molar-refractivity contribution in [3.63, 3.8) is 0 Å². The van der Waals surface area contributed by atoms with E-state index in [1.165, 1.54) is 28.2 Å². The van der Waals surface area contributed by atoms with Crippen molar-refractivity contribution in [2.75, 3.05) is 25.6 Å². The number of phosphoric acid groups is 2. The fourth-order valence-electron chi connectivity index (χ4n) is 5.50. The smallest absolute Gasteiger partial charge is 0.481 e. The Morgan fingerprint density at radius 3 is 2.11 bits per heavy atom. The molecule has 1 amide bonds. The summed E-state index contributed by atoms with van der Waals surface area (Å²) in [6.45, 7) is -2.46. The molecule has 4 aliphatic heterocycles. The molecule has 12 atom stereocenters. The summed E-state index contributed by atoms with van der Waals surface area (Å²) in [5, 5.41) is 76.7. The molecule has 6 rings (SSSR count). The lowest BCUT2D eigenvalue weighted by Gasteiger charge is -2.28. The minimum Gasteiger partial charge on any atom is -0.505 e. The molecule has 4 aliphatic rings. The number of fused-ring (bicyclic) bond motifs is 1. The molecule has 0 radical (unpaired) electrons. The van der Waals surface area contributed by atoms with Crippen LogP contribution >= 0.6 is 15.6 Å². The number of carbonyl (C=O) groups excluding carboxylic acids is 2. The number of phosphoric ester groups is 2. The van der Waals surface area contributed by atoms with Crippen LogP contribution in [0.4, 0.5) is 5.82 Å². The van der Waals surface area contributed by atoms with Gasteiger partial charge in [-0.2, -0.15) is 4.31 Å². The summed E-state index contributed by atoms with van der Waals surface area (Å²) in [5.74, 6) is -3.44. The molecule has 2 fully saturated rings. The van der Waals surface area contributed by atoms with Crippen molar-refractivity contribution in [3.05, 3.63) is 48.2 Å². The van der Waals surface area contributed by atoms with E-state index in [2.05, 4.69) is 24.0 Å². The van der Waals surface area contributed by atoms with Gasteiger partial charge >= 0.3 is 21.6 Å². The summed E-state index contributed by atoms with van der Waals surface area (Å²) in [7, 11) is -10.7. The molecule has 2 aromatic rings. The van der Waals surface area contributed by atoms with E-state index < -0.39 is 120 Å². The Labute approximate surface area is 313 Å². The van der Waals surface area contributed by atoms with Crippen LogP contribution < -0.4 is 11.5 Å². The van der Waals surface area contributed by atoms with E-state index in [9.17, 15) is 48.9 Å². The van der Waals surface area contributed by atoms with Gasteiger partial charge in [0.15, 0.2) is 35.8 Å². The highest BCUT2D eigenvalue weighted by Gasteiger charge is 2.48. The largest absolute Gasteiger partial charge is 0.505 e. The number of esters is 1. The predicted octanol–water partition coefficient (Wildman–Crippen LogP) is -4.09. The van der Waals surface area contributed by atoms with Crippen LogP contribution in [0.1, 0.15) is 12.6 Å². The van der Waals surface area contributed by atoms with Crippen LogP contribution in [-0.2, 0) is 46.3 Å². The zero-order valence-corrected chi connectivity index (χ0v) is 30.1. The van der Waals surface area contributed by atoms with Gasteiger partial charge in [0.1, 0.15) is 54.6 Å². The molecule has 2 aromatic heterocycles. The maximum atomic E-state index is 12.4. The first-order chi connectivity index (χ1) is 26.2. The van der Waals surface area contributed by atoms with E-state index >= 15 is 0 Å². The molecule has 14 N–H and O–H groups in total. The fourth-order valence-corrected chi connectivity index (χ4v) is 7.59. The van der Waals surface area contributed by atoms with E-state index in [1.54, 1.807) is 6.08 Å². The van der Waals surface area contributed by atoms with E-state index in [-0.39, 0.29) is 29.0 Å². The molecule has 27 nitrogen and oxygen atoms in total. The quantitative estimate of drug-likeness (QED) is 0.0673. The molecular formula is C27H37N7O20P2. The zero-order valence-electron chi connectivity index (χ0n) is 28.3. The molecule has 56 heavy (non-hydrogen) atoms. The van der Waals surface area contributed by atoms with Crippen LogP contribution in [0.2, 0.25) is 0 Å². The molecule has 2 unspecified atom stereocenters. The number of primary amides is 1. The monoisotopic (exact) mass is 841 g/mol. The topological polar surface area (TPSA) is 425 Å². The number of aliphatic hydroxyl groups is 8. The number of nitrogens with two attached hydrogens (primary N) is 2. The predicted molar refractivity (Wildman–Crippen MR) is 177 cm³/mol. The van der Waals surface area contributed by atoms with Crippen molar-refractivity contribution in [2.24, 2.45) is 5.73 Å². The highest BCUT2D eigenvalue weighted by molar-refractivity contribution is 7.61. The number of aromatic nitrogens is 4. The Morgan fingerprint density at radius 1 is 0.964 bits per heavy atom. The van der Waals surface area contributed by atoms with Crippen LogP contribution in [0.3, 0.4) is 0 Å². The summed E-state index contributed by atoms with van der Waals surface area (Å²) in [6, 6.07) is 0. The summed E-state index contributed by atoms with van der Waals surface area (Å²) in [6.07, 6.45) is -7.66. The minimum absolute atomic E-state index is 0.0517. The van der Waals surface area contributed by atoms with Gasteiger partial charge in [-0.15, -0.1) is 0 Å². The number of aliphatic hydroxyl groups excluding tert-OH is 8. The van der Waals surface area contributed by atoms with E-state index in [4.69, 9.17) is 50.4 Å². The molecule has 0 aliphatic carbocycles. The van der Waals surface area contributed by atoms with Crippen molar-refractivity contribution < 1.29 is 96.9 Å². The van der Waals surface area contributed by atoms with Gasteiger partial charge in [0, 0.05) is 18.0 Å². The normalized spacial score (nSPS) is 31.7. The number of anilines is 1. The number of rotatable bonds is 13. The van der Waals surface area contributed by atoms with Crippen molar-refractivity contribution >= 4 is 44.5 Å². The van der Waals surface area contributed by atoms with Gasteiger partial charge in [-0.1, -0.05) is 6.08 Å². The first-order valence-electron chi connectivity index (χ1n) is 15.9. The van der Waals surface area contributed by atoms with Crippen LogP contribution in [0.25, 0.3) is 11.2 Å². The molecule has 0 bridgehead atoms. The number of nitrogen functional groups attached to an aromatic ring is 1. The Hall–Kier alpha value is -4.15. The summed E-state index contributed by atoms with van der Waals surface area (Å²) < 4.78 is 55.1. The van der Waals surface area contributed by atoms with Crippen LogP contribution in [0, 0.1) is 0 Å². The number of amides is 1. The third kappa shape index (κ3) is 9.34. The third-order valence-electron chi connectivity index (χ3n) is 8.35. The van der Waals surface area contributed by atoms with E-state index in [0.29, 0.717) is 0 Å². The molecule has 2 saturated heterocycles. The van der Waals surface area contributed by atoms with Gasteiger partial charge in [-0.3, -0.25) is 18.4 Å². The van der Waals surface area contributed by atoms with Gasteiger partial charge < -0.3 is 81.2 Å². The van der Waals surface area contributed by atoms with Crippen LogP contribution in [-0.4, -0.2) is 162 Å². The first kappa shape index (κ1) is 43.0. The molecule has 310 valence electrons. The molecule has 0 saturated carbocycles. The highest BCUT2D eigenvalue weighted by Crippen LogP contribution is 2.60. The third-order valence-corrected chi connectivity index (χ3v) is 11.0. The lowest BCUT2D eigenvalue weighted by Crippen LogP contribution is -2.40. The lowest BCUT2D eigenvalue weighted by atomic mass is 10.1. The summed E-state index contributed by atoms with van der Waals surface area (Å²) in [4.78, 5) is 55.2. The average molecular weight is 842 g/mol. The maximum absolute atomic E-state index is 12.4. The maximum Gasteiger partial charge on any atom is 0.481 e. The first-order valence-corrected chi connectivity index (χ1v) is 18.9. The Kier molecular flexibility index (Phi) is 13.2. The SMILES string of the molecule is NC(=O)C1=CN([C@@H]2O[C@H](COP(=O)(O)OP(=O)(O)OC[C@H]3O[C@@H](n4cnc5c(N)ncnc54)[C@H](O)[C@@H]3O)[C@@H](O)[C@H]2O)C=CC1.O=C1O[C@H]([C@@H](O)CO)C(O)=C1O. The zero-order chi connectivity index (χ0) is 41.3. The van der Waals surface area contributed by atoms with Crippen LogP contribution in [0.15, 0.2) is 48.2 Å². The minimum atomic E-state index is -5.37. The fraction of sp³-hybridized carbons (Fsp3) is 0.519. The number of hydrogen-bond acceptors (Lipinski definition) is 23. The summed E-state index contributed by atoms with van der Waals surface area (Å²) in [5.41, 5.74) is 11.6. The second-order valence-corrected chi connectivity index (χ2v) is 15.2. The number of hydrogen-bond donors (Lipinski definition) is 12. The second-order valence-electron chi connectivity index (χ2n) is 12.2. The van der Waals surface area contributed by atoms with Gasteiger partial charge in [0.25, 0.3) is 0 Å². The van der Waals surface area contributed by atoms with Crippen LogP contribution in [0.5, 0.6) is 0 Å². The number of carbonyl (C=O) groups is 2. The van der Waals surface area contributed by atoms with Gasteiger partial charge in [0.05, 0.1) is 26.1 Å². The number of ether oxygens (including phenoxy) is 3. The van der Waals surface area contributed by atoms with Crippen molar-refractivity contribution in [3.8, 4) is 0 Å². The van der Waals surface area contributed by atoms with E-state index in [0.717, 1.165) is 6.33 Å². The second kappa shape index (κ2) is 17.1. The van der Waals surface area contributed by atoms with Gasteiger partial charge in [-0.05, 0) is 6.42 Å². The number of imidazole rings is 1. The van der Waals surface area contributed by atoms with Crippen molar-refractivity contribution in [1.82, 2.24) is 24.4 Å². The standard InChI is InChI=1S/C21H29N7O14P2.C6H8O6/c22-17-12-19(25-7-24-17)28(8-26-12)21-16(32)14(30)11(41-21)6-39-44(36,37)42-43(34,35)38-5-10-13(29)15(31)20(40-10)27-3-1-2-9(4-27)18(23)33;7-1-2(8)5-3(9)4(10)6(11)12-5/h1,3-4,7-8,10-11,13-16,20-21,29-32H,2,5-6H2,(H2,23,33)(H,34,35)(H,36,37)(H2,22,24,25);2,5,7-10H,1H2/t10-,11-,13-,14-,15-,16-,20-,21-;2-,5+/m10/s1. The Bertz CT molecular complexity index is 1980. The molecular weight excluding hydrogens is 804 g/mol. The Morgan fingerprint density at radius 2 is 1.55 bits per heavy atom. The average Bonchev–Trinajstić information content (AvgIpc) is 3.86. The van der Waals surface area contributed by atoms with Crippen molar-refractivity contribution in [2.45, 2.75) is 67.7 Å². The lowest BCUT2D eigenvalue weighted by molar-refractivity contribution is -0.147. The number of nitrogens with zero attached hydrogens (tertiary/aromatic N) is 5.